The minimum atomic E-state index is 0.385. The molecule has 1 heterocycles. The highest BCUT2D eigenvalue weighted by Gasteiger charge is 2.09. The van der Waals surface area contributed by atoms with Crippen LogP contribution in [-0.2, 0) is 0 Å². The second-order valence-corrected chi connectivity index (χ2v) is 3.39. The highest BCUT2D eigenvalue weighted by Crippen LogP contribution is 2.19. The predicted molar refractivity (Wildman–Crippen MR) is 54.6 cm³/mol. The zero-order valence-electron chi connectivity index (χ0n) is 8.34. The lowest BCUT2D eigenvalue weighted by molar-refractivity contribution is 0.523. The molecule has 0 bridgehead atoms. The summed E-state index contributed by atoms with van der Waals surface area (Å²) in [6, 6.07) is 2.38. The molecule has 0 radical (unpaired) electrons. The van der Waals surface area contributed by atoms with Crippen molar-refractivity contribution in [3.63, 3.8) is 0 Å². The van der Waals surface area contributed by atoms with E-state index in [9.17, 15) is 0 Å². The Morgan fingerprint density at radius 1 is 1.69 bits per heavy atom. The minimum Gasteiger partial charge on any atom is -0.472 e. The maximum atomic E-state index is 5.04. The normalized spacial score (nSPS) is 12.8. The van der Waals surface area contributed by atoms with Crippen molar-refractivity contribution < 1.29 is 4.42 Å². The van der Waals surface area contributed by atoms with Gasteiger partial charge in [0.25, 0.3) is 0 Å². The molecule has 0 aromatic carbocycles. The molecule has 2 nitrogen and oxygen atoms in total. The van der Waals surface area contributed by atoms with Crippen molar-refractivity contribution in [1.82, 2.24) is 5.32 Å². The molecular formula is C11H17NO. The van der Waals surface area contributed by atoms with Crippen LogP contribution in [0.15, 0.2) is 35.2 Å². The Morgan fingerprint density at radius 3 is 2.92 bits per heavy atom. The first-order valence-corrected chi connectivity index (χ1v) is 4.57. The monoisotopic (exact) mass is 179 g/mol. The lowest BCUT2D eigenvalue weighted by Gasteiger charge is -2.13. The molecule has 0 fully saturated rings. The number of furan rings is 1. The fourth-order valence-electron chi connectivity index (χ4n) is 1.34. The molecule has 2 heteroatoms. The van der Waals surface area contributed by atoms with Gasteiger partial charge >= 0.3 is 0 Å². The summed E-state index contributed by atoms with van der Waals surface area (Å²) in [6.45, 7) is 5.95. The maximum Gasteiger partial charge on any atom is 0.0950 e. The smallest absolute Gasteiger partial charge is 0.0950 e. The summed E-state index contributed by atoms with van der Waals surface area (Å²) in [4.78, 5) is 0. The van der Waals surface area contributed by atoms with Crippen LogP contribution in [0.1, 0.15) is 31.4 Å². The third kappa shape index (κ3) is 3.07. The van der Waals surface area contributed by atoms with Crippen LogP contribution >= 0.6 is 0 Å². The van der Waals surface area contributed by atoms with E-state index in [1.54, 1.807) is 12.5 Å². The van der Waals surface area contributed by atoms with Gasteiger partial charge in [0.1, 0.15) is 0 Å². The van der Waals surface area contributed by atoms with E-state index < -0.39 is 0 Å². The molecule has 0 spiro atoms. The third-order valence-electron chi connectivity index (χ3n) is 2.15. The molecule has 0 aliphatic carbocycles. The first-order chi connectivity index (χ1) is 6.24. The molecule has 0 aliphatic rings. The van der Waals surface area contributed by atoms with Crippen LogP contribution in [0.4, 0.5) is 0 Å². The average molecular weight is 179 g/mol. The molecule has 0 saturated carbocycles. The zero-order chi connectivity index (χ0) is 9.68. The van der Waals surface area contributed by atoms with Crippen molar-refractivity contribution in [2.24, 2.45) is 0 Å². The van der Waals surface area contributed by atoms with Crippen molar-refractivity contribution in [3.05, 3.63) is 36.3 Å². The van der Waals surface area contributed by atoms with E-state index in [1.165, 1.54) is 11.1 Å². The molecule has 0 saturated heterocycles. The molecule has 1 N–H and O–H groups in total. The Morgan fingerprint density at radius 2 is 2.46 bits per heavy atom. The van der Waals surface area contributed by atoms with Crippen LogP contribution in [0.3, 0.4) is 0 Å². The molecule has 0 aliphatic heterocycles. The van der Waals surface area contributed by atoms with Crippen LogP contribution in [0.2, 0.25) is 0 Å². The van der Waals surface area contributed by atoms with Gasteiger partial charge in [-0.15, -0.1) is 6.58 Å². The Labute approximate surface area is 79.6 Å². The number of hydrogen-bond acceptors (Lipinski definition) is 2. The Hall–Kier alpha value is -1.02. The number of rotatable bonds is 5. The summed E-state index contributed by atoms with van der Waals surface area (Å²) in [5.74, 6) is 0. The topological polar surface area (TPSA) is 25.2 Å². The van der Waals surface area contributed by atoms with Crippen molar-refractivity contribution in [2.45, 2.75) is 25.8 Å². The van der Waals surface area contributed by atoms with Gasteiger partial charge in [0.15, 0.2) is 0 Å². The summed E-state index contributed by atoms with van der Waals surface area (Å²) >= 11 is 0. The highest BCUT2D eigenvalue weighted by atomic mass is 16.3. The molecule has 13 heavy (non-hydrogen) atoms. The van der Waals surface area contributed by atoms with Crippen molar-refractivity contribution in [2.75, 3.05) is 7.05 Å². The van der Waals surface area contributed by atoms with Gasteiger partial charge in [0.05, 0.1) is 12.5 Å². The van der Waals surface area contributed by atoms with Crippen molar-refractivity contribution in [3.8, 4) is 0 Å². The first-order valence-electron chi connectivity index (χ1n) is 4.57. The SMILES string of the molecule is C=C(C)CCC(NC)c1ccoc1. The molecule has 72 valence electrons. The van der Waals surface area contributed by atoms with Gasteiger partial charge < -0.3 is 9.73 Å². The van der Waals surface area contributed by atoms with E-state index in [1.807, 2.05) is 13.1 Å². The van der Waals surface area contributed by atoms with Gasteiger partial charge in [0, 0.05) is 11.6 Å². The van der Waals surface area contributed by atoms with Gasteiger partial charge in [-0.05, 0) is 32.9 Å². The minimum absolute atomic E-state index is 0.385. The molecule has 1 atom stereocenters. The van der Waals surface area contributed by atoms with Crippen LogP contribution < -0.4 is 5.32 Å². The summed E-state index contributed by atoms with van der Waals surface area (Å²) < 4.78 is 5.04. The molecule has 1 rings (SSSR count). The molecule has 1 aromatic rings. The Balaban J connectivity index is 2.49. The number of allylic oxidation sites excluding steroid dienone is 1. The third-order valence-corrected chi connectivity index (χ3v) is 2.15. The largest absolute Gasteiger partial charge is 0.472 e. The summed E-state index contributed by atoms with van der Waals surface area (Å²) in [5.41, 5.74) is 2.44. The van der Waals surface area contributed by atoms with E-state index in [0.29, 0.717) is 6.04 Å². The molecule has 1 aromatic heterocycles. The first kappa shape index (κ1) is 10.1. The second kappa shape index (κ2) is 4.87. The van der Waals surface area contributed by atoms with E-state index in [0.717, 1.165) is 12.8 Å². The van der Waals surface area contributed by atoms with E-state index >= 15 is 0 Å². The van der Waals surface area contributed by atoms with E-state index in [4.69, 9.17) is 4.42 Å². The summed E-state index contributed by atoms with van der Waals surface area (Å²) in [6.07, 6.45) is 5.63. The van der Waals surface area contributed by atoms with Crippen molar-refractivity contribution in [1.29, 1.82) is 0 Å². The zero-order valence-corrected chi connectivity index (χ0v) is 8.34. The van der Waals surface area contributed by atoms with Gasteiger partial charge in [-0.2, -0.15) is 0 Å². The summed E-state index contributed by atoms with van der Waals surface area (Å²) in [5, 5.41) is 3.26. The van der Waals surface area contributed by atoms with E-state index in [2.05, 4.69) is 18.8 Å². The highest BCUT2D eigenvalue weighted by molar-refractivity contribution is 5.11. The second-order valence-electron chi connectivity index (χ2n) is 3.39. The lowest BCUT2D eigenvalue weighted by Crippen LogP contribution is -2.15. The standard InChI is InChI=1S/C11H17NO/c1-9(2)4-5-11(12-3)10-6-7-13-8-10/h6-8,11-12H,1,4-5H2,2-3H3. The van der Waals surface area contributed by atoms with Crippen LogP contribution in [0.25, 0.3) is 0 Å². The van der Waals surface area contributed by atoms with Crippen molar-refractivity contribution >= 4 is 0 Å². The fourth-order valence-corrected chi connectivity index (χ4v) is 1.34. The van der Waals surface area contributed by atoms with Gasteiger partial charge in [-0.25, -0.2) is 0 Å². The lowest BCUT2D eigenvalue weighted by atomic mass is 10.0. The predicted octanol–water partition coefficient (Wildman–Crippen LogP) is 2.90. The maximum absolute atomic E-state index is 5.04. The Kier molecular flexibility index (Phi) is 3.77. The molecular weight excluding hydrogens is 162 g/mol. The van der Waals surface area contributed by atoms with Crippen LogP contribution in [0, 0.1) is 0 Å². The van der Waals surface area contributed by atoms with Crippen LogP contribution in [-0.4, -0.2) is 7.05 Å². The number of hydrogen-bond donors (Lipinski definition) is 1. The molecule has 1 unspecified atom stereocenters. The van der Waals surface area contributed by atoms with Gasteiger partial charge in [-0.1, -0.05) is 5.57 Å². The summed E-state index contributed by atoms with van der Waals surface area (Å²) in [7, 11) is 1.97. The quantitative estimate of drug-likeness (QED) is 0.703. The van der Waals surface area contributed by atoms with E-state index in [-0.39, 0.29) is 0 Å². The fraction of sp³-hybridized carbons (Fsp3) is 0.455. The van der Waals surface area contributed by atoms with Gasteiger partial charge in [-0.3, -0.25) is 0 Å². The average Bonchev–Trinajstić information content (AvgIpc) is 2.58. The Bertz CT molecular complexity index is 251. The molecule has 0 amide bonds. The van der Waals surface area contributed by atoms with Gasteiger partial charge in [0.2, 0.25) is 0 Å². The number of nitrogens with one attached hydrogen (secondary N) is 1. The van der Waals surface area contributed by atoms with Crippen LogP contribution in [0.5, 0.6) is 0 Å².